The van der Waals surface area contributed by atoms with Gasteiger partial charge in [-0.1, -0.05) is 6.07 Å². The van der Waals surface area contributed by atoms with Gasteiger partial charge in [0.1, 0.15) is 36.9 Å². The van der Waals surface area contributed by atoms with Crippen molar-refractivity contribution in [3.8, 4) is 5.75 Å². The molecule has 150 valence electrons. The molecule has 3 rings (SSSR count). The third-order valence-electron chi connectivity index (χ3n) is 3.80. The number of aliphatic carboxylic acids is 1. The Labute approximate surface area is 160 Å². The molecule has 2 heterocycles. The molecule has 0 aliphatic heterocycles. The molecule has 0 aliphatic carbocycles. The van der Waals surface area contributed by atoms with Gasteiger partial charge in [-0.3, -0.25) is 14.4 Å². The van der Waals surface area contributed by atoms with Gasteiger partial charge in [0.2, 0.25) is 0 Å². The van der Waals surface area contributed by atoms with Crippen molar-refractivity contribution in [2.45, 2.75) is 6.61 Å². The van der Waals surface area contributed by atoms with Crippen LogP contribution in [0.5, 0.6) is 5.75 Å². The van der Waals surface area contributed by atoms with Gasteiger partial charge in [0.15, 0.2) is 11.2 Å². The number of carbonyl (C=O) groups excluding carboxylic acids is 1. The second-order valence-electron chi connectivity index (χ2n) is 5.63. The molecule has 0 bridgehead atoms. The summed E-state index contributed by atoms with van der Waals surface area (Å²) in [6, 6.07) is 3.13. The van der Waals surface area contributed by atoms with Crippen LogP contribution in [-0.4, -0.2) is 43.3 Å². The number of carboxylic acid groups (broad SMARTS) is 1. The number of halogens is 2. The lowest BCUT2D eigenvalue weighted by Gasteiger charge is -2.14. The lowest BCUT2D eigenvalue weighted by Crippen LogP contribution is -2.38. The first-order valence-corrected chi connectivity index (χ1v) is 7.95. The number of hydrogen-bond acceptors (Lipinski definition) is 7. The fraction of sp³-hybridized carbons (Fsp3) is 0.118. The van der Waals surface area contributed by atoms with Crippen molar-refractivity contribution in [3.05, 3.63) is 63.8 Å². The highest BCUT2D eigenvalue weighted by atomic mass is 19.1. The number of fused-ring (bicyclic) bond motifs is 1. The van der Waals surface area contributed by atoms with Gasteiger partial charge in [-0.2, -0.15) is 0 Å². The second kappa shape index (κ2) is 7.88. The van der Waals surface area contributed by atoms with Gasteiger partial charge in [0.05, 0.1) is 10.9 Å². The summed E-state index contributed by atoms with van der Waals surface area (Å²) in [5, 5.41) is 20.7. The molecule has 0 aliphatic rings. The molecule has 29 heavy (non-hydrogen) atoms. The number of carboxylic acids is 1. The van der Waals surface area contributed by atoms with Crippen molar-refractivity contribution in [1.82, 2.24) is 20.0 Å². The van der Waals surface area contributed by atoms with E-state index in [2.05, 4.69) is 9.97 Å². The molecule has 0 atom stereocenters. The van der Waals surface area contributed by atoms with Crippen molar-refractivity contribution in [1.29, 1.82) is 0 Å². The van der Waals surface area contributed by atoms with Gasteiger partial charge in [0.25, 0.3) is 5.91 Å². The molecule has 12 heteroatoms. The van der Waals surface area contributed by atoms with Crippen LogP contribution in [-0.2, 0) is 11.4 Å². The summed E-state index contributed by atoms with van der Waals surface area (Å²) in [6.07, 6.45) is 2.10. The minimum atomic E-state index is -1.38. The summed E-state index contributed by atoms with van der Waals surface area (Å²) in [4.78, 5) is 48.2. The van der Waals surface area contributed by atoms with E-state index in [1.54, 1.807) is 0 Å². The normalized spacial score (nSPS) is 10.7. The monoisotopic (exact) mass is 406 g/mol. The number of pyridine rings is 1. The molecule has 3 N–H and O–H groups in total. The Morgan fingerprint density at radius 1 is 1.24 bits per heavy atom. The average molecular weight is 406 g/mol. The highest BCUT2D eigenvalue weighted by Crippen LogP contribution is 2.24. The molecular weight excluding hydrogens is 394 g/mol. The predicted molar refractivity (Wildman–Crippen MR) is 92.1 cm³/mol. The first kappa shape index (κ1) is 19.7. The number of benzene rings is 1. The van der Waals surface area contributed by atoms with Gasteiger partial charge in [0, 0.05) is 6.20 Å². The Bertz CT molecular complexity index is 1160. The quantitative estimate of drug-likeness (QED) is 0.527. The predicted octanol–water partition coefficient (Wildman–Crippen LogP) is 0.218. The fourth-order valence-corrected chi connectivity index (χ4v) is 2.45. The van der Waals surface area contributed by atoms with Gasteiger partial charge >= 0.3 is 11.5 Å². The molecular formula is C17H12F2N4O6. The Balaban J connectivity index is 2.09. The maximum Gasteiger partial charge on any atom is 0.322 e. The van der Waals surface area contributed by atoms with Crippen LogP contribution >= 0.6 is 0 Å². The van der Waals surface area contributed by atoms with Crippen LogP contribution in [0.2, 0.25) is 0 Å². The minimum absolute atomic E-state index is 0.179. The van der Waals surface area contributed by atoms with Crippen LogP contribution in [0.3, 0.4) is 0 Å². The largest absolute Gasteiger partial charge is 0.506 e. The average Bonchev–Trinajstić information content (AvgIpc) is 2.68. The van der Waals surface area contributed by atoms with E-state index >= 15 is 0 Å². The zero-order chi connectivity index (χ0) is 21.1. The Morgan fingerprint density at radius 3 is 2.59 bits per heavy atom. The van der Waals surface area contributed by atoms with E-state index < -0.39 is 59.1 Å². The first-order valence-electron chi connectivity index (χ1n) is 7.95. The summed E-state index contributed by atoms with van der Waals surface area (Å²) < 4.78 is 28.1. The van der Waals surface area contributed by atoms with Crippen molar-refractivity contribution >= 4 is 22.9 Å². The highest BCUT2D eigenvalue weighted by Gasteiger charge is 2.24. The molecule has 1 amide bonds. The molecule has 0 saturated heterocycles. The molecule has 0 radical (unpaired) electrons. The van der Waals surface area contributed by atoms with E-state index in [0.29, 0.717) is 4.73 Å². The van der Waals surface area contributed by atoms with Gasteiger partial charge in [-0.05, 0) is 12.1 Å². The van der Waals surface area contributed by atoms with E-state index in [0.717, 1.165) is 30.7 Å². The number of carbonyl (C=O) groups is 2. The van der Waals surface area contributed by atoms with E-state index in [9.17, 15) is 28.3 Å². The number of rotatable bonds is 6. The smallest absolute Gasteiger partial charge is 0.322 e. The van der Waals surface area contributed by atoms with Crippen molar-refractivity contribution in [3.63, 3.8) is 0 Å². The number of hydrogen-bond donors (Lipinski definition) is 3. The van der Waals surface area contributed by atoms with Crippen LogP contribution in [0.4, 0.5) is 8.78 Å². The summed E-state index contributed by atoms with van der Waals surface area (Å²) in [5.41, 5.74) is -2.81. The van der Waals surface area contributed by atoms with Crippen LogP contribution in [0.25, 0.3) is 11.0 Å². The van der Waals surface area contributed by atoms with Crippen molar-refractivity contribution in [2.24, 2.45) is 0 Å². The molecule has 0 unspecified atom stereocenters. The third kappa shape index (κ3) is 3.81. The number of nitrogens with zero attached hydrogens (tertiary/aromatic N) is 3. The molecule has 2 aromatic heterocycles. The Kier molecular flexibility index (Phi) is 5.34. The summed E-state index contributed by atoms with van der Waals surface area (Å²) in [6.45, 7) is -1.55. The highest BCUT2D eigenvalue weighted by molar-refractivity contribution is 6.02. The topological polar surface area (TPSA) is 144 Å². The molecule has 0 fully saturated rings. The molecule has 3 aromatic rings. The van der Waals surface area contributed by atoms with Gasteiger partial charge < -0.3 is 20.4 Å². The maximum absolute atomic E-state index is 13.8. The summed E-state index contributed by atoms with van der Waals surface area (Å²) in [5.74, 6) is -5.22. The van der Waals surface area contributed by atoms with Crippen LogP contribution < -0.4 is 15.7 Å². The number of aromatic nitrogens is 3. The minimum Gasteiger partial charge on any atom is -0.506 e. The second-order valence-corrected chi connectivity index (χ2v) is 5.63. The number of amides is 1. The standard InChI is InChI=1S/C17H12F2N4O6/c18-10-2-1-3-11(19)9(10)6-29-23-15-8(4-20-7-22-15)14(26)13(17(23)28)16(27)21-5-12(24)25/h1-4,7,26H,5-6H2,(H,21,27)(H,24,25). The van der Waals surface area contributed by atoms with E-state index in [4.69, 9.17) is 9.94 Å². The van der Waals surface area contributed by atoms with Gasteiger partial charge in [-0.25, -0.2) is 18.7 Å². The molecule has 0 spiro atoms. The van der Waals surface area contributed by atoms with Crippen molar-refractivity contribution < 1.29 is 33.4 Å². The van der Waals surface area contributed by atoms with E-state index in [-0.39, 0.29) is 11.0 Å². The van der Waals surface area contributed by atoms with Crippen molar-refractivity contribution in [2.75, 3.05) is 6.54 Å². The number of nitrogens with one attached hydrogen (secondary N) is 1. The number of aromatic hydroxyl groups is 1. The SMILES string of the molecule is O=C(O)CNC(=O)c1c(O)c2cncnc2n(OCc2c(F)cccc2F)c1=O. The van der Waals surface area contributed by atoms with Crippen LogP contribution in [0.15, 0.2) is 35.5 Å². The zero-order valence-electron chi connectivity index (χ0n) is 14.4. The van der Waals surface area contributed by atoms with Crippen LogP contribution in [0.1, 0.15) is 15.9 Å². The zero-order valence-corrected chi connectivity index (χ0v) is 14.4. The van der Waals surface area contributed by atoms with E-state index in [1.807, 2.05) is 5.32 Å². The van der Waals surface area contributed by atoms with Gasteiger partial charge in [-0.15, -0.1) is 4.73 Å². The fourth-order valence-electron chi connectivity index (χ4n) is 2.45. The molecule has 10 nitrogen and oxygen atoms in total. The maximum atomic E-state index is 13.8. The first-order chi connectivity index (χ1) is 13.8. The summed E-state index contributed by atoms with van der Waals surface area (Å²) >= 11 is 0. The van der Waals surface area contributed by atoms with E-state index in [1.165, 1.54) is 0 Å². The lowest BCUT2D eigenvalue weighted by atomic mass is 10.2. The lowest BCUT2D eigenvalue weighted by molar-refractivity contribution is -0.135. The Morgan fingerprint density at radius 2 is 1.93 bits per heavy atom. The Hall–Kier alpha value is -4.09. The van der Waals surface area contributed by atoms with Crippen LogP contribution in [0, 0.1) is 11.6 Å². The summed E-state index contributed by atoms with van der Waals surface area (Å²) in [7, 11) is 0. The third-order valence-corrected chi connectivity index (χ3v) is 3.80. The molecule has 1 aromatic carbocycles. The molecule has 0 saturated carbocycles.